The summed E-state index contributed by atoms with van der Waals surface area (Å²) in [5.41, 5.74) is 5.29. The average Bonchev–Trinajstić information content (AvgIpc) is 2.60. The number of nitrogens with one attached hydrogen (secondary N) is 1. The molecule has 9 heteroatoms. The number of rotatable bonds is 12. The van der Waals surface area contributed by atoms with E-state index in [1.807, 2.05) is 19.9 Å². The highest BCUT2D eigenvalue weighted by molar-refractivity contribution is 7.92. The zero-order valence-electron chi connectivity index (χ0n) is 15.7. The van der Waals surface area contributed by atoms with Crippen LogP contribution in [0.4, 0.5) is 0 Å². The third kappa shape index (κ3) is 9.10. The van der Waals surface area contributed by atoms with Crippen LogP contribution >= 0.6 is 12.4 Å². The second kappa shape index (κ2) is 12.6. The quantitative estimate of drug-likeness (QED) is 0.535. The van der Waals surface area contributed by atoms with E-state index in [1.54, 1.807) is 24.3 Å². The number of carbonyl (C=O) groups excluding carboxylic acids is 2. The third-order valence-corrected chi connectivity index (χ3v) is 6.21. The summed E-state index contributed by atoms with van der Waals surface area (Å²) in [5.74, 6) is -1.48. The lowest BCUT2D eigenvalue weighted by Crippen LogP contribution is -2.51. The van der Waals surface area contributed by atoms with E-state index in [0.717, 1.165) is 12.8 Å². The van der Waals surface area contributed by atoms with Gasteiger partial charge in [-0.1, -0.05) is 44.9 Å². The highest BCUT2D eigenvalue weighted by Gasteiger charge is 2.31. The van der Waals surface area contributed by atoms with Gasteiger partial charge in [0.05, 0.1) is 11.0 Å². The molecule has 1 atom stereocenters. The van der Waals surface area contributed by atoms with Gasteiger partial charge in [-0.25, -0.2) is 8.42 Å². The summed E-state index contributed by atoms with van der Waals surface area (Å²) in [5, 5.41) is 1.83. The lowest BCUT2D eigenvalue weighted by molar-refractivity contribution is -0.128. The molecule has 0 aliphatic rings. The molecule has 7 nitrogen and oxygen atoms in total. The van der Waals surface area contributed by atoms with Crippen molar-refractivity contribution < 1.29 is 22.7 Å². The summed E-state index contributed by atoms with van der Waals surface area (Å²) in [6.07, 6.45) is 2.49. The molecule has 1 aromatic carbocycles. The Hall–Kier alpha value is -1.80. The first kappa shape index (κ1) is 25.2. The molecule has 0 saturated heterocycles. The van der Waals surface area contributed by atoms with Crippen LogP contribution < -0.4 is 15.8 Å². The standard InChI is InChI=1S/C18H28N2O5S.ClH/c1-3-8-15(9-4-2)26(23,24)13-16(18(19)22)20-17(21)12-25-14-10-6-5-7-11-14;/h5-7,10-11,15-16H,3-4,8-9,12-13H2,1-2H3,(H2,19,22)(H,20,21);1H/t16-;/m0./s1. The van der Waals surface area contributed by atoms with Crippen LogP contribution in [0, 0.1) is 0 Å². The van der Waals surface area contributed by atoms with Crippen molar-refractivity contribution in [2.75, 3.05) is 12.4 Å². The summed E-state index contributed by atoms with van der Waals surface area (Å²) in [7, 11) is -3.56. The summed E-state index contributed by atoms with van der Waals surface area (Å²) in [4.78, 5) is 23.6. The van der Waals surface area contributed by atoms with Crippen molar-refractivity contribution in [3.05, 3.63) is 30.3 Å². The minimum atomic E-state index is -3.56. The van der Waals surface area contributed by atoms with Gasteiger partial charge in [0.25, 0.3) is 5.91 Å². The van der Waals surface area contributed by atoms with Crippen molar-refractivity contribution in [2.45, 2.75) is 50.8 Å². The van der Waals surface area contributed by atoms with Crippen molar-refractivity contribution in [3.8, 4) is 5.75 Å². The van der Waals surface area contributed by atoms with Gasteiger partial charge in [-0.3, -0.25) is 9.59 Å². The number of carbonyl (C=O) groups is 2. The maximum Gasteiger partial charge on any atom is 0.258 e. The number of hydrogen-bond acceptors (Lipinski definition) is 5. The predicted octanol–water partition coefficient (Wildman–Crippen LogP) is 1.84. The first-order valence-electron chi connectivity index (χ1n) is 8.78. The molecule has 0 bridgehead atoms. The van der Waals surface area contributed by atoms with Gasteiger partial charge in [0.15, 0.2) is 16.4 Å². The second-order valence-electron chi connectivity index (χ2n) is 6.15. The van der Waals surface area contributed by atoms with E-state index in [2.05, 4.69) is 5.32 Å². The maximum absolute atomic E-state index is 12.6. The van der Waals surface area contributed by atoms with E-state index in [9.17, 15) is 18.0 Å². The lowest BCUT2D eigenvalue weighted by atomic mass is 10.2. The van der Waals surface area contributed by atoms with Gasteiger partial charge in [-0.2, -0.15) is 0 Å². The Kier molecular flexibility index (Phi) is 11.7. The Balaban J connectivity index is 0.00000676. The number of hydrogen-bond donors (Lipinski definition) is 2. The summed E-state index contributed by atoms with van der Waals surface area (Å²) < 4.78 is 30.5. The number of halogens is 1. The highest BCUT2D eigenvalue weighted by Crippen LogP contribution is 2.16. The number of sulfone groups is 1. The Morgan fingerprint density at radius 1 is 1.11 bits per heavy atom. The molecular weight excluding hydrogens is 392 g/mol. The third-order valence-electron chi connectivity index (χ3n) is 3.92. The molecule has 0 fully saturated rings. The Labute approximate surface area is 167 Å². The predicted molar refractivity (Wildman–Crippen MR) is 108 cm³/mol. The second-order valence-corrected chi connectivity index (χ2v) is 8.48. The molecule has 0 radical (unpaired) electrons. The number of benzene rings is 1. The van der Waals surface area contributed by atoms with Gasteiger partial charge in [-0.05, 0) is 25.0 Å². The Morgan fingerprint density at radius 2 is 1.67 bits per heavy atom. The molecule has 154 valence electrons. The summed E-state index contributed by atoms with van der Waals surface area (Å²) in [6.45, 7) is 3.49. The highest BCUT2D eigenvalue weighted by atomic mass is 35.5. The van der Waals surface area contributed by atoms with Gasteiger partial charge in [-0.15, -0.1) is 12.4 Å². The van der Waals surface area contributed by atoms with Crippen LogP contribution in [0.1, 0.15) is 39.5 Å². The molecule has 1 aromatic rings. The molecule has 0 saturated carbocycles. The molecule has 2 amide bonds. The number of amides is 2. The monoisotopic (exact) mass is 420 g/mol. The van der Waals surface area contributed by atoms with E-state index in [0.29, 0.717) is 18.6 Å². The molecule has 0 spiro atoms. The summed E-state index contributed by atoms with van der Waals surface area (Å²) in [6, 6.07) is 7.42. The van der Waals surface area contributed by atoms with E-state index < -0.39 is 38.7 Å². The molecule has 0 unspecified atom stereocenters. The van der Waals surface area contributed by atoms with Crippen LogP contribution in [0.3, 0.4) is 0 Å². The van der Waals surface area contributed by atoms with Gasteiger partial charge in [0.1, 0.15) is 11.8 Å². The molecule has 3 N–H and O–H groups in total. The average molecular weight is 421 g/mol. The maximum atomic E-state index is 12.6. The fraction of sp³-hybridized carbons (Fsp3) is 0.556. The summed E-state index contributed by atoms with van der Waals surface area (Å²) >= 11 is 0. The normalized spacial score (nSPS) is 12.1. The van der Waals surface area contributed by atoms with Gasteiger partial charge >= 0.3 is 0 Å². The van der Waals surface area contributed by atoms with E-state index >= 15 is 0 Å². The van der Waals surface area contributed by atoms with Gasteiger partial charge in [0, 0.05) is 0 Å². The topological polar surface area (TPSA) is 116 Å². The van der Waals surface area contributed by atoms with Crippen molar-refractivity contribution >= 4 is 34.1 Å². The van der Waals surface area contributed by atoms with Crippen LogP contribution in [-0.4, -0.2) is 43.9 Å². The van der Waals surface area contributed by atoms with Gasteiger partial charge < -0.3 is 15.8 Å². The molecule has 0 aliphatic carbocycles. The minimum Gasteiger partial charge on any atom is -0.484 e. The number of para-hydroxylation sites is 1. The number of primary amides is 1. The zero-order chi connectivity index (χ0) is 19.6. The first-order chi connectivity index (χ1) is 12.3. The van der Waals surface area contributed by atoms with Crippen molar-refractivity contribution in [1.82, 2.24) is 5.32 Å². The molecule has 27 heavy (non-hydrogen) atoms. The fourth-order valence-electron chi connectivity index (χ4n) is 2.61. The Bertz CT molecular complexity index is 676. The smallest absolute Gasteiger partial charge is 0.258 e. The Morgan fingerprint density at radius 3 is 2.15 bits per heavy atom. The SMILES string of the molecule is CCCC(CCC)S(=O)(=O)C[C@H](NC(=O)COc1ccccc1)C(N)=O.Cl. The first-order valence-corrected chi connectivity index (χ1v) is 10.5. The zero-order valence-corrected chi connectivity index (χ0v) is 17.4. The van der Waals surface area contributed by atoms with Crippen LogP contribution in [-0.2, 0) is 19.4 Å². The van der Waals surface area contributed by atoms with Crippen LogP contribution in [0.15, 0.2) is 30.3 Å². The van der Waals surface area contributed by atoms with Crippen molar-refractivity contribution in [2.24, 2.45) is 5.73 Å². The van der Waals surface area contributed by atoms with E-state index in [4.69, 9.17) is 10.5 Å². The molecule has 1 rings (SSSR count). The van der Waals surface area contributed by atoms with Crippen molar-refractivity contribution in [3.63, 3.8) is 0 Å². The fourth-order valence-corrected chi connectivity index (χ4v) is 4.79. The molecule has 0 aliphatic heterocycles. The number of nitrogens with two attached hydrogens (primary N) is 1. The van der Waals surface area contributed by atoms with E-state index in [-0.39, 0.29) is 19.0 Å². The largest absolute Gasteiger partial charge is 0.484 e. The molecular formula is C18H29ClN2O5S. The lowest BCUT2D eigenvalue weighted by Gasteiger charge is -2.21. The number of ether oxygens (including phenoxy) is 1. The van der Waals surface area contributed by atoms with Crippen LogP contribution in [0.5, 0.6) is 5.75 Å². The van der Waals surface area contributed by atoms with Gasteiger partial charge in [0.2, 0.25) is 5.91 Å². The molecule has 0 aromatic heterocycles. The van der Waals surface area contributed by atoms with Crippen molar-refractivity contribution in [1.29, 1.82) is 0 Å². The minimum absolute atomic E-state index is 0. The van der Waals surface area contributed by atoms with E-state index in [1.165, 1.54) is 0 Å². The molecule has 0 heterocycles. The van der Waals surface area contributed by atoms with Crippen LogP contribution in [0.2, 0.25) is 0 Å². The van der Waals surface area contributed by atoms with Crippen LogP contribution in [0.25, 0.3) is 0 Å².